The van der Waals surface area contributed by atoms with Crippen LogP contribution in [0.2, 0.25) is 0 Å². The Kier molecular flexibility index (Phi) is 5.69. The van der Waals surface area contributed by atoms with Crippen molar-refractivity contribution in [1.29, 1.82) is 0 Å². The van der Waals surface area contributed by atoms with Gasteiger partial charge in [0.2, 0.25) is 11.8 Å². The predicted molar refractivity (Wildman–Crippen MR) is 142 cm³/mol. The zero-order valence-corrected chi connectivity index (χ0v) is 21.8. The summed E-state index contributed by atoms with van der Waals surface area (Å²) in [4.78, 5) is 67.7. The molecule has 40 heavy (non-hydrogen) atoms. The second kappa shape index (κ2) is 9.17. The minimum Gasteiger partial charge on any atom is -0.284 e. The highest BCUT2D eigenvalue weighted by atomic mass is 16.7. The zero-order chi connectivity index (χ0) is 27.7. The summed E-state index contributed by atoms with van der Waals surface area (Å²) in [5.74, 6) is -2.98. The summed E-state index contributed by atoms with van der Waals surface area (Å²) < 4.78 is 0. The van der Waals surface area contributed by atoms with Gasteiger partial charge >= 0.3 is 0 Å². The fourth-order valence-electron chi connectivity index (χ4n) is 6.49. The van der Waals surface area contributed by atoms with E-state index in [-0.39, 0.29) is 11.8 Å². The molecule has 0 bridgehead atoms. The number of anilines is 2. The summed E-state index contributed by atoms with van der Waals surface area (Å²) >= 11 is 0. The maximum absolute atomic E-state index is 13.6. The summed E-state index contributed by atoms with van der Waals surface area (Å²) in [5.41, 5.74) is 2.47. The van der Waals surface area contributed by atoms with Crippen LogP contribution in [0.4, 0.5) is 11.4 Å². The maximum atomic E-state index is 13.6. The first-order chi connectivity index (χ1) is 19.4. The number of benzene rings is 3. The molecule has 0 aromatic heterocycles. The van der Waals surface area contributed by atoms with E-state index in [9.17, 15) is 19.2 Å². The number of carbonyl (C=O) groups is 4. The van der Waals surface area contributed by atoms with E-state index >= 15 is 0 Å². The highest BCUT2D eigenvalue weighted by Gasteiger charge is 2.60. The van der Waals surface area contributed by atoms with Crippen molar-refractivity contribution >= 4 is 35.0 Å². The molecule has 0 radical (unpaired) electrons. The van der Waals surface area contributed by atoms with E-state index < -0.39 is 47.9 Å². The number of hydrogen-bond acceptors (Lipinski definition) is 8. The van der Waals surface area contributed by atoms with Crippen LogP contribution in [0.3, 0.4) is 0 Å². The molecule has 6 atom stereocenters. The van der Waals surface area contributed by atoms with E-state index in [2.05, 4.69) is 0 Å². The molecule has 202 valence electrons. The number of imide groups is 2. The Balaban J connectivity index is 1.15. The molecule has 0 unspecified atom stereocenters. The number of carbonyl (C=O) groups excluding carboxylic acids is 4. The number of rotatable bonds is 4. The standard InChI is InChI=1S/C30H26N4O6/c1-31-23(17-9-5-3-6-10-17)21-25(39-31)29(37)33(27(21)35)19-13-15-20(16-14-19)34-28(36)22-24(18-11-7-4-8-12-18)32(2)40-26(22)30(34)38/h3-16,21-26H,1-2H3/t21-,22-,23-,24-,25+,26+/m1/s1. The largest absolute Gasteiger partial charge is 0.284 e. The molecule has 10 nitrogen and oxygen atoms in total. The number of hydrogen-bond donors (Lipinski definition) is 0. The summed E-state index contributed by atoms with van der Waals surface area (Å²) in [6.07, 6.45) is -1.85. The topological polar surface area (TPSA) is 99.7 Å². The van der Waals surface area contributed by atoms with Gasteiger partial charge in [0.1, 0.15) is 0 Å². The molecule has 4 fully saturated rings. The zero-order valence-electron chi connectivity index (χ0n) is 21.8. The van der Waals surface area contributed by atoms with Gasteiger partial charge in [0.05, 0.1) is 35.3 Å². The lowest BCUT2D eigenvalue weighted by Gasteiger charge is -2.25. The Morgan fingerprint density at radius 3 is 1.20 bits per heavy atom. The highest BCUT2D eigenvalue weighted by Crippen LogP contribution is 2.47. The van der Waals surface area contributed by atoms with E-state index in [1.165, 1.54) is 0 Å². The quantitative estimate of drug-likeness (QED) is 0.468. The Hall–Kier alpha value is -4.22. The third-order valence-corrected chi connectivity index (χ3v) is 8.26. The molecule has 0 saturated carbocycles. The molecule has 3 aromatic carbocycles. The van der Waals surface area contributed by atoms with Crippen LogP contribution in [0.15, 0.2) is 84.9 Å². The van der Waals surface area contributed by atoms with Gasteiger partial charge in [-0.15, -0.1) is 0 Å². The van der Waals surface area contributed by atoms with Crippen molar-refractivity contribution in [2.45, 2.75) is 24.3 Å². The summed E-state index contributed by atoms with van der Waals surface area (Å²) in [7, 11) is 3.44. The van der Waals surface area contributed by atoms with Gasteiger partial charge < -0.3 is 0 Å². The molecule has 7 rings (SSSR count). The molecule has 4 heterocycles. The summed E-state index contributed by atoms with van der Waals surface area (Å²) in [6, 6.07) is 24.4. The second-order valence-corrected chi connectivity index (χ2v) is 10.4. The number of nitrogens with zero attached hydrogens (tertiary/aromatic N) is 4. The number of hydroxylamine groups is 4. The Bertz CT molecular complexity index is 1400. The summed E-state index contributed by atoms with van der Waals surface area (Å²) in [5, 5.41) is 3.15. The van der Waals surface area contributed by atoms with Crippen LogP contribution in [-0.2, 0) is 28.9 Å². The molecule has 4 aliphatic heterocycles. The van der Waals surface area contributed by atoms with Crippen molar-refractivity contribution in [3.05, 3.63) is 96.1 Å². The van der Waals surface area contributed by atoms with Crippen LogP contribution in [0, 0.1) is 11.8 Å². The average molecular weight is 539 g/mol. The third-order valence-electron chi connectivity index (χ3n) is 8.26. The predicted octanol–water partition coefficient (Wildman–Crippen LogP) is 2.64. The van der Waals surface area contributed by atoms with E-state index in [4.69, 9.17) is 9.68 Å². The van der Waals surface area contributed by atoms with Crippen molar-refractivity contribution in [1.82, 2.24) is 10.1 Å². The molecule has 0 aliphatic carbocycles. The van der Waals surface area contributed by atoms with Crippen LogP contribution >= 0.6 is 0 Å². The first-order valence-electron chi connectivity index (χ1n) is 13.1. The average Bonchev–Trinajstić information content (AvgIpc) is 3.64. The molecule has 3 aromatic rings. The van der Waals surface area contributed by atoms with Crippen molar-refractivity contribution in [2.24, 2.45) is 11.8 Å². The van der Waals surface area contributed by atoms with Gasteiger partial charge in [-0.25, -0.2) is 9.80 Å². The monoisotopic (exact) mass is 538 g/mol. The third kappa shape index (κ3) is 3.50. The van der Waals surface area contributed by atoms with Crippen molar-refractivity contribution in [3.63, 3.8) is 0 Å². The first kappa shape index (κ1) is 24.8. The lowest BCUT2D eigenvalue weighted by atomic mass is 9.91. The fraction of sp³-hybridized carbons (Fsp3) is 0.267. The Morgan fingerprint density at radius 1 is 0.500 bits per heavy atom. The van der Waals surface area contributed by atoms with Gasteiger partial charge in [0.25, 0.3) is 11.8 Å². The van der Waals surface area contributed by atoms with Crippen LogP contribution in [-0.4, -0.2) is 60.1 Å². The lowest BCUT2D eigenvalue weighted by Crippen LogP contribution is -2.37. The molecule has 0 N–H and O–H groups in total. The normalized spacial score (nSPS) is 30.4. The maximum Gasteiger partial charge on any atom is 0.265 e. The smallest absolute Gasteiger partial charge is 0.265 e. The van der Waals surface area contributed by atoms with E-state index in [1.54, 1.807) is 48.5 Å². The lowest BCUT2D eigenvalue weighted by molar-refractivity contribution is -0.160. The second-order valence-electron chi connectivity index (χ2n) is 10.4. The fourth-order valence-corrected chi connectivity index (χ4v) is 6.49. The Labute approximate surface area is 230 Å². The van der Waals surface area contributed by atoms with E-state index in [1.807, 2.05) is 60.7 Å². The molecule has 0 spiro atoms. The van der Waals surface area contributed by atoms with Gasteiger partial charge in [-0.3, -0.25) is 28.9 Å². The molecule has 4 aliphatic rings. The SMILES string of the molecule is CN1O[C@@H]2C(=O)N(c3ccc(N4C(=O)[C@H]5[C@H](ON(C)[C@@H]5c5ccccc5)C4=O)cc3)C(=O)[C@@H]2[C@H]1c1ccccc1. The number of amides is 4. The van der Waals surface area contributed by atoms with Gasteiger partial charge in [-0.2, -0.15) is 10.1 Å². The van der Waals surface area contributed by atoms with E-state index in [0.29, 0.717) is 11.4 Å². The highest BCUT2D eigenvalue weighted by molar-refractivity contribution is 6.25. The van der Waals surface area contributed by atoms with Crippen LogP contribution in [0.25, 0.3) is 0 Å². The van der Waals surface area contributed by atoms with E-state index in [0.717, 1.165) is 20.9 Å². The van der Waals surface area contributed by atoms with Gasteiger partial charge in [-0.05, 0) is 35.4 Å². The van der Waals surface area contributed by atoms with Crippen LogP contribution in [0.5, 0.6) is 0 Å². The van der Waals surface area contributed by atoms with Crippen LogP contribution < -0.4 is 9.80 Å². The molecular weight excluding hydrogens is 512 g/mol. The minimum absolute atomic E-state index is 0.351. The van der Waals surface area contributed by atoms with Gasteiger partial charge in [0, 0.05) is 14.1 Å². The van der Waals surface area contributed by atoms with Gasteiger partial charge in [-0.1, -0.05) is 60.7 Å². The molecular formula is C30H26N4O6. The number of fused-ring (bicyclic) bond motifs is 2. The molecule has 10 heteroatoms. The van der Waals surface area contributed by atoms with Crippen molar-refractivity contribution in [2.75, 3.05) is 23.9 Å². The van der Waals surface area contributed by atoms with Crippen molar-refractivity contribution < 1.29 is 28.9 Å². The summed E-state index contributed by atoms with van der Waals surface area (Å²) in [6.45, 7) is 0. The Morgan fingerprint density at radius 2 is 0.850 bits per heavy atom. The van der Waals surface area contributed by atoms with Gasteiger partial charge in [0.15, 0.2) is 12.2 Å². The van der Waals surface area contributed by atoms with Crippen molar-refractivity contribution in [3.8, 4) is 0 Å². The molecule has 4 amide bonds. The minimum atomic E-state index is -0.924. The first-order valence-corrected chi connectivity index (χ1v) is 13.1. The van der Waals surface area contributed by atoms with Crippen LogP contribution in [0.1, 0.15) is 23.2 Å². The molecule has 4 saturated heterocycles.